The van der Waals surface area contributed by atoms with Crippen molar-refractivity contribution in [2.75, 3.05) is 6.54 Å². The smallest absolute Gasteiger partial charge is 0.310 e. The second-order valence-corrected chi connectivity index (χ2v) is 3.65. The van der Waals surface area contributed by atoms with E-state index in [4.69, 9.17) is 5.11 Å². The molecular weight excluding hydrogens is 170 g/mol. The summed E-state index contributed by atoms with van der Waals surface area (Å²) < 4.78 is 0. The lowest BCUT2D eigenvalue weighted by Gasteiger charge is -2.19. The highest BCUT2D eigenvalue weighted by atomic mass is 16.4. The van der Waals surface area contributed by atoms with Gasteiger partial charge in [0, 0.05) is 12.1 Å². The summed E-state index contributed by atoms with van der Waals surface area (Å²) in [6.45, 7) is 8.22. The summed E-state index contributed by atoms with van der Waals surface area (Å²) in [4.78, 5) is 21.6. The van der Waals surface area contributed by atoms with Crippen LogP contribution in [-0.4, -0.2) is 23.5 Å². The molecule has 0 aromatic rings. The zero-order chi connectivity index (χ0) is 10.6. The number of nitrogens with one attached hydrogen (secondary N) is 1. The van der Waals surface area contributed by atoms with Crippen LogP contribution in [0.4, 0.5) is 0 Å². The molecule has 0 unspecified atom stereocenters. The molecule has 0 aromatic carbocycles. The molecule has 0 aliphatic rings. The van der Waals surface area contributed by atoms with Crippen LogP contribution in [0.25, 0.3) is 0 Å². The van der Waals surface area contributed by atoms with Crippen molar-refractivity contribution in [3.8, 4) is 0 Å². The van der Waals surface area contributed by atoms with Crippen LogP contribution in [0.5, 0.6) is 0 Å². The van der Waals surface area contributed by atoms with Gasteiger partial charge in [-0.3, -0.25) is 9.59 Å². The van der Waals surface area contributed by atoms with Crippen molar-refractivity contribution in [1.82, 2.24) is 5.32 Å². The van der Waals surface area contributed by atoms with Crippen LogP contribution in [0.15, 0.2) is 12.2 Å². The summed E-state index contributed by atoms with van der Waals surface area (Å²) in [7, 11) is 0. The number of hydrogen-bond donors (Lipinski definition) is 2. The van der Waals surface area contributed by atoms with Gasteiger partial charge in [0.2, 0.25) is 5.91 Å². The van der Waals surface area contributed by atoms with Crippen molar-refractivity contribution in [1.29, 1.82) is 0 Å². The fraction of sp³-hybridized carbons (Fsp3) is 0.556. The molecule has 0 heterocycles. The Hall–Kier alpha value is -1.32. The van der Waals surface area contributed by atoms with Gasteiger partial charge >= 0.3 is 5.97 Å². The first-order valence-corrected chi connectivity index (χ1v) is 3.94. The van der Waals surface area contributed by atoms with Crippen molar-refractivity contribution in [2.24, 2.45) is 5.41 Å². The first-order chi connectivity index (χ1) is 5.77. The fourth-order valence-corrected chi connectivity index (χ4v) is 0.528. The van der Waals surface area contributed by atoms with Crippen molar-refractivity contribution in [2.45, 2.75) is 20.8 Å². The maximum atomic E-state index is 11.0. The van der Waals surface area contributed by atoms with Gasteiger partial charge in [-0.2, -0.15) is 0 Å². The van der Waals surface area contributed by atoms with E-state index in [0.29, 0.717) is 5.57 Å². The van der Waals surface area contributed by atoms with Gasteiger partial charge < -0.3 is 10.4 Å². The summed E-state index contributed by atoms with van der Waals surface area (Å²) in [5.74, 6) is -1.25. The zero-order valence-electron chi connectivity index (χ0n) is 8.18. The first kappa shape index (κ1) is 11.7. The molecule has 1 amide bonds. The molecule has 0 saturated carbocycles. The van der Waals surface area contributed by atoms with E-state index in [2.05, 4.69) is 11.9 Å². The van der Waals surface area contributed by atoms with Gasteiger partial charge in [-0.15, -0.1) is 0 Å². The average molecular weight is 185 g/mol. The minimum Gasteiger partial charge on any atom is -0.481 e. The van der Waals surface area contributed by atoms with Crippen molar-refractivity contribution in [3.63, 3.8) is 0 Å². The third kappa shape index (κ3) is 3.73. The van der Waals surface area contributed by atoms with E-state index in [1.54, 1.807) is 20.8 Å². The molecule has 74 valence electrons. The Morgan fingerprint density at radius 2 is 1.92 bits per heavy atom. The predicted molar refractivity (Wildman–Crippen MR) is 49.2 cm³/mol. The van der Waals surface area contributed by atoms with Crippen LogP contribution in [0.1, 0.15) is 20.8 Å². The second-order valence-electron chi connectivity index (χ2n) is 3.65. The number of rotatable bonds is 4. The van der Waals surface area contributed by atoms with Gasteiger partial charge in [0.1, 0.15) is 0 Å². The van der Waals surface area contributed by atoms with Gasteiger partial charge in [0.25, 0.3) is 0 Å². The van der Waals surface area contributed by atoms with Crippen LogP contribution in [0, 0.1) is 5.41 Å². The third-order valence-electron chi connectivity index (χ3n) is 1.66. The molecule has 0 saturated heterocycles. The Morgan fingerprint density at radius 3 is 2.23 bits per heavy atom. The first-order valence-electron chi connectivity index (χ1n) is 3.94. The number of hydrogen-bond acceptors (Lipinski definition) is 2. The van der Waals surface area contributed by atoms with E-state index in [1.165, 1.54) is 0 Å². The standard InChI is InChI=1S/C9H15NO3/c1-6(2)7(11)10-5-9(3,4)8(12)13/h1,5H2,2-4H3,(H,10,11)(H,12,13). The van der Waals surface area contributed by atoms with Gasteiger partial charge in [-0.1, -0.05) is 6.58 Å². The van der Waals surface area contributed by atoms with E-state index in [1.807, 2.05) is 0 Å². The molecule has 13 heavy (non-hydrogen) atoms. The summed E-state index contributed by atoms with van der Waals surface area (Å²) in [6.07, 6.45) is 0. The molecule has 0 aromatic heterocycles. The number of carbonyl (C=O) groups is 2. The largest absolute Gasteiger partial charge is 0.481 e. The lowest BCUT2D eigenvalue weighted by atomic mass is 9.94. The average Bonchev–Trinajstić information content (AvgIpc) is 1.99. The molecule has 2 N–H and O–H groups in total. The van der Waals surface area contributed by atoms with Crippen LogP contribution in [0.2, 0.25) is 0 Å². The highest BCUT2D eigenvalue weighted by Crippen LogP contribution is 2.13. The third-order valence-corrected chi connectivity index (χ3v) is 1.66. The van der Waals surface area contributed by atoms with Crippen molar-refractivity contribution < 1.29 is 14.7 Å². The Kier molecular flexibility index (Phi) is 3.66. The summed E-state index contributed by atoms with van der Waals surface area (Å²) in [5.41, 5.74) is -0.563. The Bertz CT molecular complexity index is 243. The van der Waals surface area contributed by atoms with Crippen LogP contribution in [-0.2, 0) is 9.59 Å². The molecule has 0 aliphatic heterocycles. The molecule has 0 aliphatic carbocycles. The fourth-order valence-electron chi connectivity index (χ4n) is 0.528. The number of carbonyl (C=O) groups excluding carboxylic acids is 1. The monoisotopic (exact) mass is 185 g/mol. The second kappa shape index (κ2) is 4.07. The summed E-state index contributed by atoms with van der Waals surface area (Å²) >= 11 is 0. The molecule has 0 rings (SSSR count). The van der Waals surface area contributed by atoms with Crippen molar-refractivity contribution in [3.05, 3.63) is 12.2 Å². The van der Waals surface area contributed by atoms with Crippen LogP contribution < -0.4 is 5.32 Å². The Morgan fingerprint density at radius 1 is 1.46 bits per heavy atom. The molecule has 0 radical (unpaired) electrons. The quantitative estimate of drug-likeness (QED) is 0.636. The Balaban J connectivity index is 4.10. The zero-order valence-corrected chi connectivity index (χ0v) is 8.18. The maximum Gasteiger partial charge on any atom is 0.310 e. The van der Waals surface area contributed by atoms with Gasteiger partial charge in [-0.05, 0) is 20.8 Å². The number of carboxylic acid groups (broad SMARTS) is 1. The van der Waals surface area contributed by atoms with E-state index in [0.717, 1.165) is 0 Å². The van der Waals surface area contributed by atoms with Crippen LogP contribution >= 0.6 is 0 Å². The normalized spacial score (nSPS) is 10.7. The van der Waals surface area contributed by atoms with E-state index in [9.17, 15) is 9.59 Å². The topological polar surface area (TPSA) is 66.4 Å². The molecule has 0 bridgehead atoms. The van der Waals surface area contributed by atoms with Crippen molar-refractivity contribution >= 4 is 11.9 Å². The molecular formula is C9H15NO3. The predicted octanol–water partition coefficient (Wildman–Crippen LogP) is 0.790. The van der Waals surface area contributed by atoms with E-state index >= 15 is 0 Å². The molecule has 4 heteroatoms. The lowest BCUT2D eigenvalue weighted by Crippen LogP contribution is -2.39. The number of carboxylic acids is 1. The van der Waals surface area contributed by atoms with Gasteiger partial charge in [0.05, 0.1) is 5.41 Å². The highest BCUT2D eigenvalue weighted by molar-refractivity contribution is 5.92. The Labute approximate surface area is 77.6 Å². The van der Waals surface area contributed by atoms with Crippen LogP contribution in [0.3, 0.4) is 0 Å². The minimum atomic E-state index is -0.939. The molecule has 0 spiro atoms. The number of aliphatic carboxylic acids is 1. The number of amides is 1. The van der Waals surface area contributed by atoms with E-state index in [-0.39, 0.29) is 12.5 Å². The maximum absolute atomic E-state index is 11.0. The molecule has 4 nitrogen and oxygen atoms in total. The van der Waals surface area contributed by atoms with E-state index < -0.39 is 11.4 Å². The summed E-state index contributed by atoms with van der Waals surface area (Å²) in [6, 6.07) is 0. The molecule has 0 atom stereocenters. The van der Waals surface area contributed by atoms with Gasteiger partial charge in [0.15, 0.2) is 0 Å². The minimum absolute atomic E-state index is 0.105. The van der Waals surface area contributed by atoms with Gasteiger partial charge in [-0.25, -0.2) is 0 Å². The molecule has 0 fully saturated rings. The lowest BCUT2D eigenvalue weighted by molar-refractivity contribution is -0.146. The highest BCUT2D eigenvalue weighted by Gasteiger charge is 2.27. The summed E-state index contributed by atoms with van der Waals surface area (Å²) in [5, 5.41) is 11.2. The SMILES string of the molecule is C=C(C)C(=O)NCC(C)(C)C(=O)O.